The molecule has 0 aromatic rings. The number of unbranched alkanes of at least 4 members (excludes halogenated alkanes) is 4. The van der Waals surface area contributed by atoms with Crippen LogP contribution < -0.4 is 0 Å². The van der Waals surface area contributed by atoms with Gasteiger partial charge in [-0.1, -0.05) is 70.4 Å². The van der Waals surface area contributed by atoms with Crippen molar-refractivity contribution in [3.05, 3.63) is 12.2 Å². The molecule has 1 unspecified atom stereocenters. The molecule has 1 aliphatic carbocycles. The standard InChI is InChI=1S/C21H36O4/c1-2-3-4-5-6-7-11-14-19(21(23)24)17-20(22)25-16-15-18-12-9-8-10-13-18/h7,11,18-19H,2-6,8-10,12-17H2,1H3,(H,23,24)/b11-7+. The number of aliphatic carboxylic acids is 1. The van der Waals surface area contributed by atoms with E-state index in [0.29, 0.717) is 18.9 Å². The van der Waals surface area contributed by atoms with Gasteiger partial charge in [0.05, 0.1) is 18.9 Å². The highest BCUT2D eigenvalue weighted by molar-refractivity contribution is 5.78. The van der Waals surface area contributed by atoms with Gasteiger partial charge >= 0.3 is 11.9 Å². The summed E-state index contributed by atoms with van der Waals surface area (Å²) in [6, 6.07) is 0. The fraction of sp³-hybridized carbons (Fsp3) is 0.810. The summed E-state index contributed by atoms with van der Waals surface area (Å²) in [5, 5.41) is 9.28. The number of hydrogen-bond acceptors (Lipinski definition) is 3. The minimum absolute atomic E-state index is 0.0276. The molecule has 4 nitrogen and oxygen atoms in total. The molecule has 0 aliphatic heterocycles. The SMILES string of the molecule is CCCCCC/C=C/CC(CC(=O)OCCC1CCCCC1)C(=O)O. The van der Waals surface area contributed by atoms with Crippen LogP contribution in [0.15, 0.2) is 12.2 Å². The summed E-state index contributed by atoms with van der Waals surface area (Å²) in [7, 11) is 0. The summed E-state index contributed by atoms with van der Waals surface area (Å²) in [6.07, 6.45) is 17.4. The Balaban J connectivity index is 2.18. The Kier molecular flexibility index (Phi) is 12.1. The van der Waals surface area contributed by atoms with Crippen LogP contribution in [0.2, 0.25) is 0 Å². The molecule has 1 rings (SSSR count). The van der Waals surface area contributed by atoms with Gasteiger partial charge < -0.3 is 9.84 Å². The Morgan fingerprint density at radius 1 is 1.12 bits per heavy atom. The number of rotatable bonds is 13. The van der Waals surface area contributed by atoms with Crippen molar-refractivity contribution in [2.24, 2.45) is 11.8 Å². The molecule has 0 heterocycles. The van der Waals surface area contributed by atoms with Crippen LogP contribution in [0, 0.1) is 11.8 Å². The van der Waals surface area contributed by atoms with E-state index < -0.39 is 11.9 Å². The third-order valence-corrected chi connectivity index (χ3v) is 5.09. The second-order valence-electron chi connectivity index (χ2n) is 7.31. The van der Waals surface area contributed by atoms with Crippen molar-refractivity contribution in [1.29, 1.82) is 0 Å². The van der Waals surface area contributed by atoms with Crippen LogP contribution in [0.25, 0.3) is 0 Å². The van der Waals surface area contributed by atoms with Crippen molar-refractivity contribution in [2.75, 3.05) is 6.61 Å². The molecule has 0 bridgehead atoms. The monoisotopic (exact) mass is 352 g/mol. The van der Waals surface area contributed by atoms with Gasteiger partial charge in [0.2, 0.25) is 0 Å². The first-order chi connectivity index (χ1) is 12.1. The molecule has 4 heteroatoms. The predicted octanol–water partition coefficient (Wildman–Crippen LogP) is 5.51. The van der Waals surface area contributed by atoms with Gasteiger partial charge in [-0.05, 0) is 31.6 Å². The summed E-state index contributed by atoms with van der Waals surface area (Å²) in [5.74, 6) is -1.29. The van der Waals surface area contributed by atoms with Gasteiger partial charge in [-0.2, -0.15) is 0 Å². The molecular weight excluding hydrogens is 316 g/mol. The van der Waals surface area contributed by atoms with Crippen LogP contribution in [0.4, 0.5) is 0 Å². The highest BCUT2D eigenvalue weighted by Gasteiger charge is 2.21. The maximum atomic E-state index is 11.9. The smallest absolute Gasteiger partial charge is 0.307 e. The number of carbonyl (C=O) groups is 2. The maximum absolute atomic E-state index is 11.9. The Morgan fingerprint density at radius 2 is 1.88 bits per heavy atom. The molecule has 0 amide bonds. The Hall–Kier alpha value is -1.32. The van der Waals surface area contributed by atoms with Gasteiger partial charge in [-0.15, -0.1) is 0 Å². The topological polar surface area (TPSA) is 63.6 Å². The molecule has 1 saturated carbocycles. The fourth-order valence-electron chi connectivity index (χ4n) is 3.41. The van der Waals surface area contributed by atoms with Crippen LogP contribution in [0.1, 0.15) is 90.4 Å². The number of carbonyl (C=O) groups excluding carboxylic acids is 1. The first-order valence-electron chi connectivity index (χ1n) is 10.2. The maximum Gasteiger partial charge on any atom is 0.307 e. The number of esters is 1. The quantitative estimate of drug-likeness (QED) is 0.270. The van der Waals surface area contributed by atoms with E-state index in [1.54, 1.807) is 0 Å². The van der Waals surface area contributed by atoms with Crippen molar-refractivity contribution >= 4 is 11.9 Å². The van der Waals surface area contributed by atoms with Gasteiger partial charge in [0.15, 0.2) is 0 Å². The fourth-order valence-corrected chi connectivity index (χ4v) is 3.41. The number of allylic oxidation sites excluding steroid dienone is 2. The predicted molar refractivity (Wildman–Crippen MR) is 100 cm³/mol. The molecule has 0 saturated heterocycles. The Bertz CT molecular complexity index is 397. The van der Waals surface area contributed by atoms with E-state index in [-0.39, 0.29) is 12.4 Å². The van der Waals surface area contributed by atoms with E-state index in [0.717, 1.165) is 19.3 Å². The zero-order valence-electron chi connectivity index (χ0n) is 15.9. The third-order valence-electron chi connectivity index (χ3n) is 5.09. The lowest BCUT2D eigenvalue weighted by molar-refractivity contribution is -0.151. The van der Waals surface area contributed by atoms with Gasteiger partial charge in [-0.25, -0.2) is 0 Å². The summed E-state index contributed by atoms with van der Waals surface area (Å²) >= 11 is 0. The molecule has 1 aliphatic rings. The molecular formula is C21H36O4. The van der Waals surface area contributed by atoms with Crippen LogP contribution in [-0.4, -0.2) is 23.7 Å². The number of ether oxygens (including phenoxy) is 1. The van der Waals surface area contributed by atoms with Gasteiger partial charge in [0.25, 0.3) is 0 Å². The van der Waals surface area contributed by atoms with E-state index in [1.165, 1.54) is 51.4 Å². The lowest BCUT2D eigenvalue weighted by atomic mass is 9.87. The zero-order valence-corrected chi connectivity index (χ0v) is 15.9. The van der Waals surface area contributed by atoms with Crippen LogP contribution in [0.3, 0.4) is 0 Å². The number of hydrogen-bond donors (Lipinski definition) is 1. The van der Waals surface area contributed by atoms with Crippen LogP contribution in [0.5, 0.6) is 0 Å². The van der Waals surface area contributed by atoms with Gasteiger partial charge in [0, 0.05) is 0 Å². The largest absolute Gasteiger partial charge is 0.481 e. The van der Waals surface area contributed by atoms with Gasteiger partial charge in [0.1, 0.15) is 0 Å². The van der Waals surface area contributed by atoms with E-state index in [1.807, 2.05) is 12.2 Å². The molecule has 1 atom stereocenters. The molecule has 25 heavy (non-hydrogen) atoms. The lowest BCUT2D eigenvalue weighted by Crippen LogP contribution is -2.20. The van der Waals surface area contributed by atoms with Crippen molar-refractivity contribution in [3.63, 3.8) is 0 Å². The molecule has 144 valence electrons. The number of carboxylic acids is 1. The van der Waals surface area contributed by atoms with Crippen molar-refractivity contribution in [3.8, 4) is 0 Å². The summed E-state index contributed by atoms with van der Waals surface area (Å²) < 4.78 is 5.27. The first-order valence-corrected chi connectivity index (χ1v) is 10.2. The molecule has 0 spiro atoms. The van der Waals surface area contributed by atoms with Crippen LogP contribution in [-0.2, 0) is 14.3 Å². The molecule has 0 radical (unpaired) electrons. The van der Waals surface area contributed by atoms with Crippen molar-refractivity contribution in [1.82, 2.24) is 0 Å². The van der Waals surface area contributed by atoms with E-state index in [4.69, 9.17) is 4.74 Å². The number of carboxylic acid groups (broad SMARTS) is 1. The minimum atomic E-state index is -0.917. The van der Waals surface area contributed by atoms with E-state index in [9.17, 15) is 14.7 Å². The Labute approximate surface area is 153 Å². The second kappa shape index (κ2) is 13.9. The highest BCUT2D eigenvalue weighted by atomic mass is 16.5. The van der Waals surface area contributed by atoms with E-state index in [2.05, 4.69) is 6.92 Å². The van der Waals surface area contributed by atoms with Crippen LogP contribution >= 0.6 is 0 Å². The second-order valence-corrected chi connectivity index (χ2v) is 7.31. The molecule has 1 N–H and O–H groups in total. The van der Waals surface area contributed by atoms with Gasteiger partial charge in [-0.3, -0.25) is 9.59 Å². The lowest BCUT2D eigenvalue weighted by Gasteiger charge is -2.21. The molecule has 1 fully saturated rings. The summed E-state index contributed by atoms with van der Waals surface area (Å²) in [4.78, 5) is 23.2. The third kappa shape index (κ3) is 11.0. The molecule has 0 aromatic heterocycles. The highest BCUT2D eigenvalue weighted by Crippen LogP contribution is 2.26. The zero-order chi connectivity index (χ0) is 18.3. The Morgan fingerprint density at radius 3 is 2.56 bits per heavy atom. The summed E-state index contributed by atoms with van der Waals surface area (Å²) in [5.41, 5.74) is 0. The normalized spacial score (nSPS) is 16.8. The minimum Gasteiger partial charge on any atom is -0.481 e. The van der Waals surface area contributed by atoms with E-state index >= 15 is 0 Å². The summed E-state index contributed by atoms with van der Waals surface area (Å²) in [6.45, 7) is 2.62. The van der Waals surface area contributed by atoms with Crippen molar-refractivity contribution in [2.45, 2.75) is 90.4 Å². The molecule has 0 aromatic carbocycles. The average molecular weight is 353 g/mol. The average Bonchev–Trinajstić information content (AvgIpc) is 2.60. The van der Waals surface area contributed by atoms with Crippen molar-refractivity contribution < 1.29 is 19.4 Å². The first kappa shape index (κ1) is 21.7.